The zero-order chi connectivity index (χ0) is 9.35. The van der Waals surface area contributed by atoms with Gasteiger partial charge in [-0.25, -0.2) is 0 Å². The van der Waals surface area contributed by atoms with Crippen LogP contribution in [0.3, 0.4) is 0 Å². The van der Waals surface area contributed by atoms with E-state index in [1.54, 1.807) is 0 Å². The van der Waals surface area contributed by atoms with Gasteiger partial charge < -0.3 is 5.32 Å². The van der Waals surface area contributed by atoms with Gasteiger partial charge in [0.1, 0.15) is 0 Å². The van der Waals surface area contributed by atoms with E-state index in [0.29, 0.717) is 0 Å². The summed E-state index contributed by atoms with van der Waals surface area (Å²) in [4.78, 5) is 0. The Bertz CT molecular complexity index is 155. The molecule has 0 aromatic heterocycles. The van der Waals surface area contributed by atoms with Crippen molar-refractivity contribution < 1.29 is 13.2 Å². The lowest BCUT2D eigenvalue weighted by molar-refractivity contribution is -0.183. The Kier molecular flexibility index (Phi) is 2.66. The highest BCUT2D eigenvalue weighted by molar-refractivity contribution is 4.83. The topological polar surface area (TPSA) is 12.0 Å². The highest BCUT2D eigenvalue weighted by Gasteiger charge is 2.42. The minimum absolute atomic E-state index is 0.0784. The van der Waals surface area contributed by atoms with Crippen LogP contribution in [0.2, 0.25) is 0 Å². The Morgan fingerprint density at radius 3 is 2.25 bits per heavy atom. The first-order valence-corrected chi connectivity index (χ1v) is 4.21. The predicted molar refractivity (Wildman–Crippen MR) is 40.8 cm³/mol. The minimum Gasteiger partial charge on any atom is -0.313 e. The molecule has 0 spiro atoms. The van der Waals surface area contributed by atoms with Crippen molar-refractivity contribution in [3.63, 3.8) is 0 Å². The van der Waals surface area contributed by atoms with Crippen molar-refractivity contribution in [2.45, 2.75) is 32.5 Å². The van der Waals surface area contributed by atoms with Crippen LogP contribution in [-0.4, -0.2) is 18.8 Å². The number of alkyl halides is 3. The lowest BCUT2D eigenvalue weighted by Gasteiger charge is -2.34. The van der Waals surface area contributed by atoms with E-state index >= 15 is 0 Å². The highest BCUT2D eigenvalue weighted by Crippen LogP contribution is 2.33. The molecule has 4 heteroatoms. The molecular weight excluding hydrogens is 167 g/mol. The van der Waals surface area contributed by atoms with Gasteiger partial charge in [-0.15, -0.1) is 0 Å². The van der Waals surface area contributed by atoms with Crippen molar-refractivity contribution in [2.75, 3.05) is 6.54 Å². The zero-order valence-electron chi connectivity index (χ0n) is 7.28. The minimum atomic E-state index is -4.03. The monoisotopic (exact) mass is 181 g/mol. The molecule has 1 saturated heterocycles. The van der Waals surface area contributed by atoms with Crippen LogP contribution in [0.25, 0.3) is 0 Å². The molecule has 0 saturated carbocycles. The first kappa shape index (κ1) is 9.84. The zero-order valence-corrected chi connectivity index (χ0v) is 7.28. The summed E-state index contributed by atoms with van der Waals surface area (Å²) in [5.41, 5.74) is 0. The normalized spacial score (nSPS) is 38.2. The summed E-state index contributed by atoms with van der Waals surface area (Å²) in [7, 11) is 0. The maximum Gasteiger partial charge on any atom is 0.393 e. The molecule has 0 aromatic rings. The van der Waals surface area contributed by atoms with Crippen molar-refractivity contribution in [3.8, 4) is 0 Å². The van der Waals surface area contributed by atoms with Gasteiger partial charge in [0.15, 0.2) is 0 Å². The molecule has 1 N–H and O–H groups in total. The number of hydrogen-bond donors (Lipinski definition) is 1. The fraction of sp³-hybridized carbons (Fsp3) is 1.00. The van der Waals surface area contributed by atoms with Crippen LogP contribution in [0.5, 0.6) is 0 Å². The summed E-state index contributed by atoms with van der Waals surface area (Å²) in [6, 6.07) is 0.212. The third-order valence-corrected chi connectivity index (χ3v) is 2.66. The first-order chi connectivity index (χ1) is 5.41. The Morgan fingerprint density at radius 1 is 1.25 bits per heavy atom. The van der Waals surface area contributed by atoms with Gasteiger partial charge >= 0.3 is 6.18 Å². The lowest BCUT2D eigenvalue weighted by Crippen LogP contribution is -2.47. The van der Waals surface area contributed by atoms with E-state index in [0.717, 1.165) is 0 Å². The fourth-order valence-corrected chi connectivity index (χ4v) is 1.51. The molecule has 1 heterocycles. The molecular formula is C8H14F3N. The van der Waals surface area contributed by atoms with Gasteiger partial charge in [-0.3, -0.25) is 0 Å². The molecule has 1 aliphatic heterocycles. The lowest BCUT2D eigenvalue weighted by atomic mass is 9.86. The number of hydrogen-bond acceptors (Lipinski definition) is 1. The van der Waals surface area contributed by atoms with Crippen LogP contribution in [0.15, 0.2) is 0 Å². The maximum atomic E-state index is 12.2. The molecule has 72 valence electrons. The molecule has 1 aliphatic rings. The van der Waals surface area contributed by atoms with Crippen LogP contribution in [0.1, 0.15) is 20.3 Å². The number of halogens is 3. The molecule has 1 fully saturated rings. The molecule has 1 nitrogen and oxygen atoms in total. The van der Waals surface area contributed by atoms with E-state index in [1.165, 1.54) is 0 Å². The fourth-order valence-electron chi connectivity index (χ4n) is 1.51. The standard InChI is InChI=1S/C8H14F3N/c1-5-3-7(8(9,10)11)4-12-6(5)2/h5-7,12H,3-4H2,1-2H3. The second-order valence-corrected chi connectivity index (χ2v) is 3.65. The summed E-state index contributed by atoms with van der Waals surface area (Å²) >= 11 is 0. The Hall–Kier alpha value is -0.250. The molecule has 0 amide bonds. The van der Waals surface area contributed by atoms with E-state index in [1.807, 2.05) is 13.8 Å². The third-order valence-electron chi connectivity index (χ3n) is 2.66. The van der Waals surface area contributed by atoms with Crippen LogP contribution in [-0.2, 0) is 0 Å². The van der Waals surface area contributed by atoms with Crippen molar-refractivity contribution in [1.29, 1.82) is 0 Å². The molecule has 12 heavy (non-hydrogen) atoms. The molecule has 3 atom stereocenters. The van der Waals surface area contributed by atoms with Gasteiger partial charge in [0.05, 0.1) is 5.92 Å². The average Bonchev–Trinajstić information content (AvgIpc) is 1.92. The van der Waals surface area contributed by atoms with E-state index in [4.69, 9.17) is 0 Å². The average molecular weight is 181 g/mol. The second kappa shape index (κ2) is 3.24. The van der Waals surface area contributed by atoms with Gasteiger partial charge in [0.2, 0.25) is 0 Å². The van der Waals surface area contributed by atoms with Crippen molar-refractivity contribution in [2.24, 2.45) is 11.8 Å². The predicted octanol–water partition coefficient (Wildman–Crippen LogP) is 2.18. The summed E-state index contributed by atoms with van der Waals surface area (Å²) in [6.45, 7) is 3.86. The maximum absolute atomic E-state index is 12.2. The number of piperidine rings is 1. The van der Waals surface area contributed by atoms with Gasteiger partial charge in [-0.2, -0.15) is 13.2 Å². The van der Waals surface area contributed by atoms with E-state index < -0.39 is 12.1 Å². The smallest absolute Gasteiger partial charge is 0.313 e. The molecule has 1 rings (SSSR count). The molecule has 0 bridgehead atoms. The molecule has 3 unspecified atom stereocenters. The number of nitrogens with one attached hydrogen (secondary N) is 1. The Labute approximate surface area is 70.3 Å². The van der Waals surface area contributed by atoms with Crippen molar-refractivity contribution >= 4 is 0 Å². The van der Waals surface area contributed by atoms with Gasteiger partial charge in [0, 0.05) is 12.6 Å². The van der Waals surface area contributed by atoms with E-state index in [2.05, 4.69) is 5.32 Å². The summed E-state index contributed by atoms with van der Waals surface area (Å²) in [5.74, 6) is -1.03. The van der Waals surface area contributed by atoms with Crippen LogP contribution < -0.4 is 5.32 Å². The van der Waals surface area contributed by atoms with Crippen LogP contribution in [0.4, 0.5) is 13.2 Å². The van der Waals surface area contributed by atoms with Gasteiger partial charge in [0.25, 0.3) is 0 Å². The first-order valence-electron chi connectivity index (χ1n) is 4.21. The second-order valence-electron chi connectivity index (χ2n) is 3.65. The van der Waals surface area contributed by atoms with E-state index in [9.17, 15) is 13.2 Å². The quantitative estimate of drug-likeness (QED) is 0.604. The largest absolute Gasteiger partial charge is 0.393 e. The van der Waals surface area contributed by atoms with Crippen LogP contribution in [0, 0.1) is 11.8 Å². The Balaban J connectivity index is 2.51. The summed E-state index contributed by atoms with van der Waals surface area (Å²) < 4.78 is 36.6. The van der Waals surface area contributed by atoms with Crippen molar-refractivity contribution in [1.82, 2.24) is 5.32 Å². The SMILES string of the molecule is CC1CC(C(F)(F)F)CNC1C. The highest BCUT2D eigenvalue weighted by atomic mass is 19.4. The third kappa shape index (κ3) is 2.12. The van der Waals surface area contributed by atoms with Gasteiger partial charge in [-0.1, -0.05) is 6.92 Å². The summed E-state index contributed by atoms with van der Waals surface area (Å²) in [5, 5.41) is 2.87. The van der Waals surface area contributed by atoms with Gasteiger partial charge in [-0.05, 0) is 19.3 Å². The van der Waals surface area contributed by atoms with E-state index in [-0.39, 0.29) is 24.9 Å². The molecule has 0 aromatic carbocycles. The molecule has 0 radical (unpaired) electrons. The summed E-state index contributed by atoms with van der Waals surface area (Å²) in [6.07, 6.45) is -3.76. The van der Waals surface area contributed by atoms with Crippen LogP contribution >= 0.6 is 0 Å². The Morgan fingerprint density at radius 2 is 1.83 bits per heavy atom. The number of rotatable bonds is 0. The molecule has 0 aliphatic carbocycles. The van der Waals surface area contributed by atoms with Crippen molar-refractivity contribution in [3.05, 3.63) is 0 Å².